The molecule has 0 aliphatic carbocycles. The molecule has 9 aromatic rings. The molecule has 4 nitrogen and oxygen atoms in total. The van der Waals surface area contributed by atoms with Gasteiger partial charge in [0.25, 0.3) is 0 Å². The van der Waals surface area contributed by atoms with E-state index in [1.807, 2.05) is 6.07 Å². The van der Waals surface area contributed by atoms with Crippen molar-refractivity contribution in [3.63, 3.8) is 0 Å². The number of rotatable bonds is 5. The minimum atomic E-state index is -0.263. The van der Waals surface area contributed by atoms with E-state index in [9.17, 15) is 0 Å². The van der Waals surface area contributed by atoms with Gasteiger partial charge in [0.1, 0.15) is 29.3 Å². The number of amidine groups is 1. The fourth-order valence-electron chi connectivity index (χ4n) is 7.51. The molecule has 0 fully saturated rings. The van der Waals surface area contributed by atoms with Gasteiger partial charge in [0, 0.05) is 21.9 Å². The smallest absolute Gasteiger partial charge is 0.136 e. The standard InChI is InChI=1S/C47H33N3O/c1-3-11-30(12-4-1)39-27-41(44-40-26-36-17-9-10-18-37(36)28-42(40)51-43(44)29-39)47-49-45(33-14-5-2-6-15-33)48-46(50-47)34-22-19-32(20-23-34)38-24-21-31-13-7-8-16-35(31)25-38/h1-29,45,47,49H,(H,48,50). The number of fused-ring (bicyclic) bond motifs is 5. The van der Waals surface area contributed by atoms with Crippen LogP contribution in [0.3, 0.4) is 0 Å². The van der Waals surface area contributed by atoms with E-state index in [1.165, 1.54) is 27.3 Å². The second-order valence-electron chi connectivity index (χ2n) is 13.3. The monoisotopic (exact) mass is 655 g/mol. The van der Waals surface area contributed by atoms with Crippen molar-refractivity contribution >= 4 is 49.3 Å². The zero-order valence-corrected chi connectivity index (χ0v) is 27.8. The Bertz CT molecular complexity index is 2750. The molecular weight excluding hydrogens is 623 g/mol. The Morgan fingerprint density at radius 2 is 1.06 bits per heavy atom. The molecule has 0 amide bonds. The van der Waals surface area contributed by atoms with Gasteiger partial charge >= 0.3 is 0 Å². The van der Waals surface area contributed by atoms with Gasteiger partial charge in [-0.05, 0) is 79.7 Å². The summed E-state index contributed by atoms with van der Waals surface area (Å²) in [5.74, 6) is 0.842. The number of nitrogens with one attached hydrogen (secondary N) is 2. The number of benzene rings is 8. The lowest BCUT2D eigenvalue weighted by atomic mass is 9.95. The molecule has 2 N–H and O–H groups in total. The van der Waals surface area contributed by atoms with Crippen molar-refractivity contribution < 1.29 is 4.42 Å². The molecule has 1 aliphatic rings. The lowest BCUT2D eigenvalue weighted by molar-refractivity contribution is 0.411. The van der Waals surface area contributed by atoms with Crippen molar-refractivity contribution in [1.29, 1.82) is 0 Å². The van der Waals surface area contributed by atoms with Crippen molar-refractivity contribution in [3.8, 4) is 22.3 Å². The molecule has 2 unspecified atom stereocenters. The lowest BCUT2D eigenvalue weighted by Gasteiger charge is -2.32. The van der Waals surface area contributed by atoms with Crippen LogP contribution in [0.5, 0.6) is 0 Å². The van der Waals surface area contributed by atoms with Crippen LogP contribution in [0.4, 0.5) is 0 Å². The van der Waals surface area contributed by atoms with Crippen molar-refractivity contribution in [2.45, 2.75) is 12.3 Å². The van der Waals surface area contributed by atoms with E-state index in [2.05, 4.69) is 180 Å². The molecule has 0 saturated carbocycles. The highest BCUT2D eigenvalue weighted by atomic mass is 16.3. The van der Waals surface area contributed by atoms with Crippen LogP contribution in [0, 0.1) is 0 Å². The van der Waals surface area contributed by atoms with Gasteiger partial charge in [0.2, 0.25) is 0 Å². The van der Waals surface area contributed by atoms with Crippen LogP contribution in [0.2, 0.25) is 0 Å². The van der Waals surface area contributed by atoms with Crippen LogP contribution in [0.15, 0.2) is 185 Å². The average Bonchev–Trinajstić information content (AvgIpc) is 3.57. The number of hydrogen-bond donors (Lipinski definition) is 2. The van der Waals surface area contributed by atoms with E-state index in [0.717, 1.165) is 61.0 Å². The maximum absolute atomic E-state index is 6.67. The SMILES string of the molecule is c1ccc(-c2cc(C3NC(c4ccc(-c5ccc6ccccc6c5)cc4)=NC(c4ccccc4)N3)c3c(c2)oc2cc4ccccc4cc23)cc1. The molecule has 0 spiro atoms. The molecule has 10 rings (SSSR count). The first-order valence-corrected chi connectivity index (χ1v) is 17.4. The van der Waals surface area contributed by atoms with E-state index >= 15 is 0 Å². The van der Waals surface area contributed by atoms with Crippen LogP contribution in [-0.2, 0) is 0 Å². The molecule has 0 saturated heterocycles. The number of hydrogen-bond acceptors (Lipinski definition) is 4. The Morgan fingerprint density at radius 3 is 1.82 bits per heavy atom. The summed E-state index contributed by atoms with van der Waals surface area (Å²) >= 11 is 0. The second-order valence-corrected chi connectivity index (χ2v) is 13.3. The van der Waals surface area contributed by atoms with Gasteiger partial charge in [-0.3, -0.25) is 5.32 Å². The number of furan rings is 1. The summed E-state index contributed by atoms with van der Waals surface area (Å²) in [6, 6.07) is 62.3. The Kier molecular flexibility index (Phi) is 7.00. The summed E-state index contributed by atoms with van der Waals surface area (Å²) in [6.07, 6.45) is -0.525. The first kappa shape index (κ1) is 29.4. The third-order valence-electron chi connectivity index (χ3n) is 10.1. The Morgan fingerprint density at radius 1 is 0.451 bits per heavy atom. The predicted octanol–water partition coefficient (Wildman–Crippen LogP) is 11.6. The van der Waals surface area contributed by atoms with Crippen LogP contribution in [-0.4, -0.2) is 5.84 Å². The maximum atomic E-state index is 6.67. The molecule has 0 radical (unpaired) electrons. The van der Waals surface area contributed by atoms with Gasteiger partial charge in [0.05, 0.1) is 0 Å². The van der Waals surface area contributed by atoms with E-state index < -0.39 is 0 Å². The Balaban J connectivity index is 1.11. The van der Waals surface area contributed by atoms with Crippen LogP contribution >= 0.6 is 0 Å². The Labute approximate surface area is 295 Å². The summed E-state index contributed by atoms with van der Waals surface area (Å²) in [5, 5.41) is 14.7. The average molecular weight is 656 g/mol. The molecule has 1 aliphatic heterocycles. The highest BCUT2D eigenvalue weighted by molar-refractivity contribution is 6.12. The molecule has 242 valence electrons. The summed E-state index contributed by atoms with van der Waals surface area (Å²) in [6.45, 7) is 0. The van der Waals surface area contributed by atoms with Crippen molar-refractivity contribution in [2.75, 3.05) is 0 Å². The highest BCUT2D eigenvalue weighted by Gasteiger charge is 2.28. The van der Waals surface area contributed by atoms with E-state index in [0.29, 0.717) is 0 Å². The summed E-state index contributed by atoms with van der Waals surface area (Å²) < 4.78 is 6.67. The topological polar surface area (TPSA) is 49.6 Å². The van der Waals surface area contributed by atoms with Gasteiger partial charge in [-0.2, -0.15) is 0 Å². The van der Waals surface area contributed by atoms with E-state index in [1.54, 1.807) is 0 Å². The van der Waals surface area contributed by atoms with Gasteiger partial charge in [-0.1, -0.05) is 146 Å². The second kappa shape index (κ2) is 12.1. The number of aliphatic imine (C=N–C) groups is 1. The first-order valence-electron chi connectivity index (χ1n) is 17.4. The summed E-state index contributed by atoms with van der Waals surface area (Å²) in [7, 11) is 0. The van der Waals surface area contributed by atoms with Crippen molar-refractivity contribution in [2.24, 2.45) is 4.99 Å². The third-order valence-corrected chi connectivity index (χ3v) is 10.1. The minimum Gasteiger partial charge on any atom is -0.456 e. The maximum Gasteiger partial charge on any atom is 0.136 e. The molecule has 4 heteroatoms. The van der Waals surface area contributed by atoms with Crippen molar-refractivity contribution in [3.05, 3.63) is 193 Å². The molecule has 2 atom stereocenters. The van der Waals surface area contributed by atoms with Gasteiger partial charge in [-0.25, -0.2) is 4.99 Å². The fourth-order valence-corrected chi connectivity index (χ4v) is 7.51. The van der Waals surface area contributed by atoms with Gasteiger partial charge in [0.15, 0.2) is 0 Å². The highest BCUT2D eigenvalue weighted by Crippen LogP contribution is 2.40. The molecule has 2 heterocycles. The zero-order chi connectivity index (χ0) is 33.7. The molecule has 1 aromatic heterocycles. The molecule has 8 aromatic carbocycles. The van der Waals surface area contributed by atoms with Crippen LogP contribution < -0.4 is 10.6 Å². The predicted molar refractivity (Wildman–Crippen MR) is 211 cm³/mol. The Hall–Kier alpha value is -6.49. The lowest BCUT2D eigenvalue weighted by Crippen LogP contribution is -2.45. The van der Waals surface area contributed by atoms with Crippen molar-refractivity contribution in [1.82, 2.24) is 10.6 Å². The third kappa shape index (κ3) is 5.34. The molecule has 0 bridgehead atoms. The van der Waals surface area contributed by atoms with Gasteiger partial charge < -0.3 is 9.73 Å². The first-order chi connectivity index (χ1) is 25.2. The number of nitrogens with zero attached hydrogens (tertiary/aromatic N) is 1. The largest absolute Gasteiger partial charge is 0.456 e. The summed E-state index contributed by atoms with van der Waals surface area (Å²) in [5.41, 5.74) is 9.60. The van der Waals surface area contributed by atoms with E-state index in [4.69, 9.17) is 9.41 Å². The van der Waals surface area contributed by atoms with Crippen LogP contribution in [0.1, 0.15) is 29.0 Å². The molecular formula is C47H33N3O. The summed E-state index contributed by atoms with van der Waals surface area (Å²) in [4.78, 5) is 5.26. The quantitative estimate of drug-likeness (QED) is 0.194. The van der Waals surface area contributed by atoms with Gasteiger partial charge in [-0.15, -0.1) is 0 Å². The normalized spacial score (nSPS) is 16.0. The minimum absolute atomic E-state index is 0.262. The van der Waals surface area contributed by atoms with E-state index in [-0.39, 0.29) is 12.3 Å². The van der Waals surface area contributed by atoms with Crippen LogP contribution in [0.25, 0.3) is 65.7 Å². The zero-order valence-electron chi connectivity index (χ0n) is 27.8. The molecule has 51 heavy (non-hydrogen) atoms. The fraction of sp³-hybridized carbons (Fsp3) is 0.0426.